The van der Waals surface area contributed by atoms with Gasteiger partial charge in [-0.05, 0) is 25.3 Å². The number of rotatable bonds is 2. The van der Waals surface area contributed by atoms with Crippen LogP contribution in [0.5, 0.6) is 0 Å². The first kappa shape index (κ1) is 10.9. The first-order chi connectivity index (χ1) is 7.66. The third kappa shape index (κ3) is 2.32. The van der Waals surface area contributed by atoms with Crippen molar-refractivity contribution in [2.45, 2.75) is 19.8 Å². The van der Waals surface area contributed by atoms with E-state index in [1.807, 2.05) is 13.0 Å². The molecule has 16 heavy (non-hydrogen) atoms. The number of carbonyl (C=O) groups excluding carboxylic acids is 2. The van der Waals surface area contributed by atoms with Crippen LogP contribution in [-0.2, 0) is 19.1 Å². The van der Waals surface area contributed by atoms with Gasteiger partial charge >= 0.3 is 11.9 Å². The molecule has 86 valence electrons. The molecule has 1 fully saturated rings. The zero-order chi connectivity index (χ0) is 11.5. The molecule has 0 amide bonds. The highest BCUT2D eigenvalue weighted by Crippen LogP contribution is 2.24. The highest BCUT2D eigenvalue weighted by atomic mass is 16.5. The van der Waals surface area contributed by atoms with Crippen LogP contribution in [-0.4, -0.2) is 25.2 Å². The highest BCUT2D eigenvalue weighted by Gasteiger charge is 2.29. The minimum absolute atomic E-state index is 0.189. The first-order valence-corrected chi connectivity index (χ1v) is 5.37. The van der Waals surface area contributed by atoms with E-state index in [4.69, 9.17) is 9.47 Å². The lowest BCUT2D eigenvalue weighted by atomic mass is 9.98. The van der Waals surface area contributed by atoms with E-state index in [9.17, 15) is 9.59 Å². The normalized spacial score (nSPS) is 25.4. The van der Waals surface area contributed by atoms with Crippen LogP contribution in [0.15, 0.2) is 23.3 Å². The van der Waals surface area contributed by atoms with E-state index in [-0.39, 0.29) is 17.9 Å². The molecular formula is C12H14O4. The molecule has 2 rings (SSSR count). The minimum atomic E-state index is -0.326. The fourth-order valence-corrected chi connectivity index (χ4v) is 1.77. The molecule has 2 heterocycles. The number of hydrogen-bond donors (Lipinski definition) is 0. The van der Waals surface area contributed by atoms with Gasteiger partial charge in [0.15, 0.2) is 0 Å². The fourth-order valence-electron chi connectivity index (χ4n) is 1.77. The maximum Gasteiger partial charge on any atom is 0.334 e. The Hall–Kier alpha value is -1.58. The quantitative estimate of drug-likeness (QED) is 0.662. The predicted octanol–water partition coefficient (Wildman–Crippen LogP) is 1.37. The number of cyclic esters (lactones) is 2. The van der Waals surface area contributed by atoms with Crippen molar-refractivity contribution in [1.82, 2.24) is 0 Å². The van der Waals surface area contributed by atoms with Gasteiger partial charge in [-0.25, -0.2) is 4.79 Å². The van der Waals surface area contributed by atoms with Gasteiger partial charge in [0.05, 0.1) is 12.5 Å². The standard InChI is InChI=1S/C12H14O4/c1-8-2-3-9(12(14)16-7-8)6-10-4-5-15-11(10)13/h2-3,10H,4-7H2,1H3. The third-order valence-electron chi connectivity index (χ3n) is 2.77. The molecule has 0 aromatic heterocycles. The van der Waals surface area contributed by atoms with Crippen LogP contribution in [0, 0.1) is 5.92 Å². The molecule has 2 aliphatic heterocycles. The molecule has 0 spiro atoms. The molecule has 0 aliphatic carbocycles. The molecule has 0 aromatic rings. The Bertz CT molecular complexity index is 378. The number of ether oxygens (including phenoxy) is 2. The van der Waals surface area contributed by atoms with Gasteiger partial charge in [0.2, 0.25) is 0 Å². The summed E-state index contributed by atoms with van der Waals surface area (Å²) in [5.74, 6) is -0.725. The van der Waals surface area contributed by atoms with Crippen molar-refractivity contribution in [3.63, 3.8) is 0 Å². The lowest BCUT2D eigenvalue weighted by molar-refractivity contribution is -0.141. The molecule has 0 saturated carbocycles. The maximum atomic E-state index is 11.6. The maximum absolute atomic E-state index is 11.6. The Morgan fingerprint density at radius 2 is 2.12 bits per heavy atom. The molecule has 1 saturated heterocycles. The lowest BCUT2D eigenvalue weighted by Gasteiger charge is -2.07. The number of allylic oxidation sites excluding steroid dienone is 2. The number of carbonyl (C=O) groups is 2. The summed E-state index contributed by atoms with van der Waals surface area (Å²) >= 11 is 0. The summed E-state index contributed by atoms with van der Waals surface area (Å²) in [6.45, 7) is 2.69. The Labute approximate surface area is 93.9 Å². The number of esters is 2. The van der Waals surface area contributed by atoms with Crippen LogP contribution < -0.4 is 0 Å². The summed E-state index contributed by atoms with van der Waals surface area (Å²) in [7, 11) is 0. The van der Waals surface area contributed by atoms with E-state index in [0.717, 1.165) is 5.57 Å². The van der Waals surface area contributed by atoms with Crippen LogP contribution in [0.25, 0.3) is 0 Å². The van der Waals surface area contributed by atoms with Crippen molar-refractivity contribution in [2.24, 2.45) is 5.92 Å². The first-order valence-electron chi connectivity index (χ1n) is 5.37. The van der Waals surface area contributed by atoms with Crippen molar-refractivity contribution >= 4 is 11.9 Å². The molecule has 0 radical (unpaired) electrons. The second-order valence-corrected chi connectivity index (χ2v) is 4.14. The fraction of sp³-hybridized carbons (Fsp3) is 0.500. The van der Waals surface area contributed by atoms with Gasteiger partial charge in [-0.15, -0.1) is 0 Å². The largest absolute Gasteiger partial charge is 0.465 e. The Balaban J connectivity index is 2.07. The summed E-state index contributed by atoms with van der Waals surface area (Å²) in [5, 5.41) is 0. The molecular weight excluding hydrogens is 208 g/mol. The van der Waals surface area contributed by atoms with Gasteiger partial charge in [-0.1, -0.05) is 12.2 Å². The van der Waals surface area contributed by atoms with Crippen LogP contribution in [0.1, 0.15) is 19.8 Å². The van der Waals surface area contributed by atoms with E-state index in [0.29, 0.717) is 31.6 Å². The van der Waals surface area contributed by atoms with Crippen LogP contribution >= 0.6 is 0 Å². The van der Waals surface area contributed by atoms with Crippen molar-refractivity contribution in [2.75, 3.05) is 13.2 Å². The van der Waals surface area contributed by atoms with Gasteiger partial charge in [0.25, 0.3) is 0 Å². The second kappa shape index (κ2) is 4.51. The Morgan fingerprint density at radius 3 is 2.81 bits per heavy atom. The molecule has 2 aliphatic rings. The van der Waals surface area contributed by atoms with Gasteiger partial charge < -0.3 is 9.47 Å². The van der Waals surface area contributed by atoms with Crippen LogP contribution in [0.2, 0.25) is 0 Å². The predicted molar refractivity (Wildman–Crippen MR) is 56.5 cm³/mol. The number of hydrogen-bond acceptors (Lipinski definition) is 4. The Morgan fingerprint density at radius 1 is 1.31 bits per heavy atom. The second-order valence-electron chi connectivity index (χ2n) is 4.14. The van der Waals surface area contributed by atoms with E-state index in [2.05, 4.69) is 0 Å². The molecule has 0 bridgehead atoms. The minimum Gasteiger partial charge on any atom is -0.465 e. The molecule has 1 unspecified atom stereocenters. The molecule has 0 N–H and O–H groups in total. The highest BCUT2D eigenvalue weighted by molar-refractivity contribution is 5.90. The average Bonchev–Trinajstić information content (AvgIpc) is 2.59. The average molecular weight is 222 g/mol. The van der Waals surface area contributed by atoms with E-state index in [1.165, 1.54) is 0 Å². The molecule has 4 heteroatoms. The van der Waals surface area contributed by atoms with Crippen molar-refractivity contribution < 1.29 is 19.1 Å². The third-order valence-corrected chi connectivity index (χ3v) is 2.77. The van der Waals surface area contributed by atoms with E-state index >= 15 is 0 Å². The van der Waals surface area contributed by atoms with Gasteiger partial charge in [-0.3, -0.25) is 4.79 Å². The summed E-state index contributed by atoms with van der Waals surface area (Å²) < 4.78 is 9.91. The van der Waals surface area contributed by atoms with Crippen molar-refractivity contribution in [3.05, 3.63) is 23.3 Å². The lowest BCUT2D eigenvalue weighted by Crippen LogP contribution is -2.14. The van der Waals surface area contributed by atoms with Crippen molar-refractivity contribution in [1.29, 1.82) is 0 Å². The van der Waals surface area contributed by atoms with Crippen LogP contribution in [0.4, 0.5) is 0 Å². The zero-order valence-electron chi connectivity index (χ0n) is 9.19. The zero-order valence-corrected chi connectivity index (χ0v) is 9.19. The van der Waals surface area contributed by atoms with E-state index in [1.54, 1.807) is 6.08 Å². The van der Waals surface area contributed by atoms with Gasteiger partial charge in [0.1, 0.15) is 6.61 Å². The Kier molecular flexibility index (Phi) is 3.08. The van der Waals surface area contributed by atoms with Gasteiger partial charge in [-0.2, -0.15) is 0 Å². The summed E-state index contributed by atoms with van der Waals surface area (Å²) in [4.78, 5) is 22.9. The van der Waals surface area contributed by atoms with E-state index < -0.39 is 0 Å². The molecule has 0 aromatic carbocycles. The van der Waals surface area contributed by atoms with Crippen LogP contribution in [0.3, 0.4) is 0 Å². The summed E-state index contributed by atoms with van der Waals surface area (Å²) in [5.41, 5.74) is 1.55. The molecule has 4 nitrogen and oxygen atoms in total. The summed E-state index contributed by atoms with van der Waals surface area (Å²) in [6, 6.07) is 0. The summed E-state index contributed by atoms with van der Waals surface area (Å²) in [6.07, 6.45) is 4.71. The topological polar surface area (TPSA) is 52.6 Å². The molecule has 1 atom stereocenters. The SMILES string of the molecule is CC1=CC=C(CC2CCOC2=O)C(=O)OC1. The van der Waals surface area contributed by atoms with Gasteiger partial charge in [0, 0.05) is 5.57 Å². The smallest absolute Gasteiger partial charge is 0.334 e. The monoisotopic (exact) mass is 222 g/mol. The van der Waals surface area contributed by atoms with Crippen molar-refractivity contribution in [3.8, 4) is 0 Å².